The molecule has 0 aliphatic carbocycles. The number of benzene rings is 2. The Hall–Kier alpha value is -3.32. The predicted molar refractivity (Wildman–Crippen MR) is 111 cm³/mol. The summed E-state index contributed by atoms with van der Waals surface area (Å²) >= 11 is 5.90. The second kappa shape index (κ2) is 7.74. The molecule has 0 spiro atoms. The number of fused-ring (bicyclic) bond motifs is 1. The maximum absolute atomic E-state index is 12.4. The van der Waals surface area contributed by atoms with E-state index in [1.54, 1.807) is 0 Å². The van der Waals surface area contributed by atoms with Gasteiger partial charge in [-0.3, -0.25) is 9.89 Å². The van der Waals surface area contributed by atoms with E-state index >= 15 is 0 Å². The third-order valence-electron chi connectivity index (χ3n) is 4.36. The van der Waals surface area contributed by atoms with Crippen LogP contribution >= 0.6 is 11.6 Å². The molecule has 2 aromatic heterocycles. The molecule has 0 bridgehead atoms. The number of nitrogens with zero attached hydrogens (tertiary/aromatic N) is 3. The van der Waals surface area contributed by atoms with Crippen molar-refractivity contribution >= 4 is 29.0 Å². The standard InChI is InChI=1S/C20H19ClN6O/c1-13-4-2-3-5-17(13)22-12-16-10-18(28)27-20(24-16)25-19(26-27)23-11-14-6-8-15(21)9-7-14/h2-10,22H,11-12H2,1H3,(H2,23,24,25,26). The van der Waals surface area contributed by atoms with Crippen molar-refractivity contribution < 1.29 is 0 Å². The van der Waals surface area contributed by atoms with E-state index in [1.807, 2.05) is 55.5 Å². The summed E-state index contributed by atoms with van der Waals surface area (Å²) in [6.45, 7) is 3.02. The second-order valence-corrected chi connectivity index (χ2v) is 6.88. The Labute approximate surface area is 166 Å². The first-order valence-corrected chi connectivity index (χ1v) is 9.23. The van der Waals surface area contributed by atoms with E-state index in [0.717, 1.165) is 16.8 Å². The zero-order chi connectivity index (χ0) is 19.5. The van der Waals surface area contributed by atoms with E-state index in [9.17, 15) is 4.79 Å². The largest absolute Gasteiger partial charge is 0.379 e. The van der Waals surface area contributed by atoms with Crippen molar-refractivity contribution in [3.63, 3.8) is 0 Å². The number of hydrogen-bond donors (Lipinski definition) is 3. The molecule has 142 valence electrons. The number of hydrogen-bond acceptors (Lipinski definition) is 5. The summed E-state index contributed by atoms with van der Waals surface area (Å²) in [6.07, 6.45) is 0. The van der Waals surface area contributed by atoms with Crippen molar-refractivity contribution in [2.45, 2.75) is 20.0 Å². The van der Waals surface area contributed by atoms with Gasteiger partial charge in [-0.2, -0.15) is 9.50 Å². The van der Waals surface area contributed by atoms with Crippen LogP contribution in [0.2, 0.25) is 5.02 Å². The van der Waals surface area contributed by atoms with Crippen LogP contribution < -0.4 is 16.2 Å². The van der Waals surface area contributed by atoms with E-state index in [1.165, 1.54) is 10.6 Å². The van der Waals surface area contributed by atoms with Crippen LogP contribution in [0.5, 0.6) is 0 Å². The lowest BCUT2D eigenvalue weighted by Crippen LogP contribution is -2.17. The van der Waals surface area contributed by atoms with Crippen molar-refractivity contribution in [3.05, 3.63) is 86.8 Å². The Morgan fingerprint density at radius 1 is 1.04 bits per heavy atom. The van der Waals surface area contributed by atoms with E-state index in [2.05, 4.69) is 25.7 Å². The molecule has 0 saturated heterocycles. The zero-order valence-electron chi connectivity index (χ0n) is 15.2. The lowest BCUT2D eigenvalue weighted by molar-refractivity contribution is 0.874. The molecular formula is C20H19ClN6O. The molecule has 2 heterocycles. The fourth-order valence-electron chi connectivity index (χ4n) is 2.84. The number of rotatable bonds is 6. The number of aromatic nitrogens is 4. The molecule has 0 radical (unpaired) electrons. The highest BCUT2D eigenvalue weighted by Gasteiger charge is 2.08. The summed E-state index contributed by atoms with van der Waals surface area (Å²) in [5.74, 6) is 0.802. The molecule has 0 fully saturated rings. The monoisotopic (exact) mass is 394 g/mol. The summed E-state index contributed by atoms with van der Waals surface area (Å²) in [5, 5.41) is 10.1. The first-order chi connectivity index (χ1) is 13.6. The maximum Gasteiger partial charge on any atom is 0.274 e. The Bertz CT molecular complexity index is 1170. The average Bonchev–Trinajstić information content (AvgIpc) is 3.11. The molecule has 7 nitrogen and oxygen atoms in total. The van der Waals surface area contributed by atoms with Crippen molar-refractivity contribution in [1.82, 2.24) is 19.6 Å². The van der Waals surface area contributed by atoms with Crippen LogP contribution in [0.15, 0.2) is 59.4 Å². The van der Waals surface area contributed by atoms with Crippen molar-refractivity contribution in [2.75, 3.05) is 10.6 Å². The van der Waals surface area contributed by atoms with Crippen LogP contribution in [0.1, 0.15) is 16.8 Å². The van der Waals surface area contributed by atoms with Gasteiger partial charge >= 0.3 is 0 Å². The van der Waals surface area contributed by atoms with Crippen LogP contribution in [0.3, 0.4) is 0 Å². The van der Waals surface area contributed by atoms with Crippen LogP contribution in [-0.4, -0.2) is 19.6 Å². The number of halogens is 1. The molecule has 3 N–H and O–H groups in total. The van der Waals surface area contributed by atoms with Crippen LogP contribution in [0, 0.1) is 6.92 Å². The average molecular weight is 395 g/mol. The lowest BCUT2D eigenvalue weighted by Gasteiger charge is -2.08. The summed E-state index contributed by atoms with van der Waals surface area (Å²) in [4.78, 5) is 21.2. The first-order valence-electron chi connectivity index (χ1n) is 8.85. The third-order valence-corrected chi connectivity index (χ3v) is 4.61. The highest BCUT2D eigenvalue weighted by molar-refractivity contribution is 6.30. The Balaban J connectivity index is 1.49. The maximum atomic E-state index is 12.4. The Morgan fingerprint density at radius 3 is 2.61 bits per heavy atom. The van der Waals surface area contributed by atoms with Crippen molar-refractivity contribution in [1.29, 1.82) is 0 Å². The number of nitrogens with one attached hydrogen (secondary N) is 3. The van der Waals surface area contributed by atoms with E-state index in [4.69, 9.17) is 11.6 Å². The van der Waals surface area contributed by atoms with Gasteiger partial charge in [0.2, 0.25) is 5.95 Å². The Morgan fingerprint density at radius 2 is 1.82 bits per heavy atom. The lowest BCUT2D eigenvalue weighted by atomic mass is 10.2. The number of para-hydroxylation sites is 1. The molecule has 0 aliphatic rings. The Kier molecular flexibility index (Phi) is 4.99. The van der Waals surface area contributed by atoms with Gasteiger partial charge in [0.25, 0.3) is 11.3 Å². The molecule has 0 saturated carbocycles. The van der Waals surface area contributed by atoms with Crippen LogP contribution in [-0.2, 0) is 13.1 Å². The van der Waals surface area contributed by atoms with E-state index in [-0.39, 0.29) is 5.56 Å². The molecule has 28 heavy (non-hydrogen) atoms. The number of anilines is 2. The third kappa shape index (κ3) is 3.99. The van der Waals surface area contributed by atoms with Gasteiger partial charge in [0.05, 0.1) is 12.2 Å². The van der Waals surface area contributed by atoms with Gasteiger partial charge in [-0.05, 0) is 36.2 Å². The van der Waals surface area contributed by atoms with Crippen molar-refractivity contribution in [2.24, 2.45) is 0 Å². The van der Waals surface area contributed by atoms with Crippen LogP contribution in [0.25, 0.3) is 5.78 Å². The van der Waals surface area contributed by atoms with E-state index < -0.39 is 0 Å². The topological polar surface area (TPSA) is 87.1 Å². The molecule has 0 atom stereocenters. The molecule has 4 aromatic rings. The minimum absolute atomic E-state index is 0.210. The predicted octanol–water partition coefficient (Wildman–Crippen LogP) is 3.60. The number of H-pyrrole nitrogens is 1. The van der Waals surface area contributed by atoms with Gasteiger partial charge in [-0.25, -0.2) is 4.98 Å². The SMILES string of the molecule is Cc1ccccc1NCc1cc(=O)n2[nH]c(NCc3ccc(Cl)cc3)nc2n1. The highest BCUT2D eigenvalue weighted by Crippen LogP contribution is 2.14. The summed E-state index contributed by atoms with van der Waals surface area (Å²) in [5.41, 5.74) is 3.61. The first kappa shape index (κ1) is 18.1. The van der Waals surface area contributed by atoms with Gasteiger partial charge in [0, 0.05) is 23.3 Å². The van der Waals surface area contributed by atoms with Crippen LogP contribution in [0.4, 0.5) is 11.6 Å². The summed E-state index contributed by atoms with van der Waals surface area (Å²) < 4.78 is 1.32. The molecule has 8 heteroatoms. The molecule has 0 amide bonds. The highest BCUT2D eigenvalue weighted by atomic mass is 35.5. The van der Waals surface area contributed by atoms with Gasteiger partial charge in [-0.15, -0.1) is 0 Å². The number of aryl methyl sites for hydroxylation is 1. The molecule has 2 aromatic carbocycles. The minimum atomic E-state index is -0.210. The molecule has 0 unspecified atom stereocenters. The summed E-state index contributed by atoms with van der Waals surface area (Å²) in [6, 6.07) is 17.0. The van der Waals surface area contributed by atoms with E-state index in [0.29, 0.717) is 35.5 Å². The number of aromatic amines is 1. The molecule has 0 aliphatic heterocycles. The summed E-state index contributed by atoms with van der Waals surface area (Å²) in [7, 11) is 0. The van der Waals surface area contributed by atoms with Gasteiger partial charge in [0.15, 0.2) is 0 Å². The molecular weight excluding hydrogens is 376 g/mol. The fourth-order valence-corrected chi connectivity index (χ4v) is 2.97. The molecule has 4 rings (SSSR count). The second-order valence-electron chi connectivity index (χ2n) is 6.44. The fraction of sp³-hybridized carbons (Fsp3) is 0.150. The van der Waals surface area contributed by atoms with Gasteiger partial charge in [0.1, 0.15) is 0 Å². The smallest absolute Gasteiger partial charge is 0.274 e. The van der Waals surface area contributed by atoms with Gasteiger partial charge < -0.3 is 10.6 Å². The minimum Gasteiger partial charge on any atom is -0.379 e. The quantitative estimate of drug-likeness (QED) is 0.465. The van der Waals surface area contributed by atoms with Gasteiger partial charge in [-0.1, -0.05) is 41.9 Å². The zero-order valence-corrected chi connectivity index (χ0v) is 16.0. The normalized spacial score (nSPS) is 10.9. The van der Waals surface area contributed by atoms with Crippen molar-refractivity contribution in [3.8, 4) is 0 Å².